The molecular formula is C14H17F3N2O2S. The third kappa shape index (κ3) is 4.46. The highest BCUT2D eigenvalue weighted by Crippen LogP contribution is 2.34. The molecular weight excluding hydrogens is 317 g/mol. The summed E-state index contributed by atoms with van der Waals surface area (Å²) in [6, 6.07) is 0.881. The molecule has 0 aliphatic heterocycles. The number of rotatable bonds is 4. The average Bonchev–Trinajstić information content (AvgIpc) is 2.89. The van der Waals surface area contributed by atoms with Crippen molar-refractivity contribution < 1.29 is 22.8 Å². The van der Waals surface area contributed by atoms with Gasteiger partial charge in [0, 0.05) is 17.8 Å². The van der Waals surface area contributed by atoms with E-state index in [1.165, 1.54) is 11.4 Å². The van der Waals surface area contributed by atoms with Crippen molar-refractivity contribution in [2.24, 2.45) is 11.7 Å². The Balaban J connectivity index is 2.02. The largest absolute Gasteiger partial charge is 0.389 e. The minimum absolute atomic E-state index is 0.227. The van der Waals surface area contributed by atoms with Gasteiger partial charge in [-0.1, -0.05) is 12.8 Å². The Kier molecular flexibility index (Phi) is 5.10. The van der Waals surface area contributed by atoms with E-state index in [0.717, 1.165) is 24.2 Å². The lowest BCUT2D eigenvalue weighted by atomic mass is 9.82. The molecule has 22 heavy (non-hydrogen) atoms. The predicted molar refractivity (Wildman–Crippen MR) is 76.7 cm³/mol. The maximum absolute atomic E-state index is 12.6. The first kappa shape index (κ1) is 16.8. The lowest BCUT2D eigenvalue weighted by Crippen LogP contribution is -2.43. The lowest BCUT2D eigenvalue weighted by Gasteiger charge is -2.32. The number of carbonyl (C=O) groups excluding carboxylic acids is 2. The van der Waals surface area contributed by atoms with Gasteiger partial charge >= 0.3 is 6.18 Å². The van der Waals surface area contributed by atoms with E-state index in [1.54, 1.807) is 0 Å². The second-order valence-corrected chi connectivity index (χ2v) is 6.42. The first-order chi connectivity index (χ1) is 10.3. The predicted octanol–water partition coefficient (Wildman–Crippen LogP) is 3.09. The molecule has 4 nitrogen and oxygen atoms in total. The first-order valence-electron chi connectivity index (χ1n) is 7.02. The standard InChI is InChI=1S/C14H17F3N2O2S/c15-14(16,17)6-8-3-1-2-4-10(8)19-13(21)11-5-9(7-22-11)12(18)20/h5,7-8,10H,1-4,6H2,(H2,18,20)(H,19,21)/t8-,10-/m0/s1. The Bertz CT molecular complexity index is 557. The number of amides is 2. The molecule has 0 unspecified atom stereocenters. The summed E-state index contributed by atoms with van der Waals surface area (Å²) in [7, 11) is 0. The summed E-state index contributed by atoms with van der Waals surface area (Å²) in [5.41, 5.74) is 5.34. The number of hydrogen-bond donors (Lipinski definition) is 2. The fourth-order valence-corrected chi connectivity index (χ4v) is 3.56. The summed E-state index contributed by atoms with van der Waals surface area (Å²) in [6.45, 7) is 0. The van der Waals surface area contributed by atoms with E-state index < -0.39 is 36.4 Å². The number of alkyl halides is 3. The molecule has 1 saturated carbocycles. The molecule has 2 amide bonds. The highest BCUT2D eigenvalue weighted by Gasteiger charge is 2.37. The molecule has 0 saturated heterocycles. The van der Waals surface area contributed by atoms with Gasteiger partial charge in [-0.25, -0.2) is 0 Å². The van der Waals surface area contributed by atoms with E-state index in [4.69, 9.17) is 5.73 Å². The van der Waals surface area contributed by atoms with Crippen molar-refractivity contribution in [2.45, 2.75) is 44.3 Å². The van der Waals surface area contributed by atoms with Crippen LogP contribution < -0.4 is 11.1 Å². The van der Waals surface area contributed by atoms with Gasteiger partial charge in [0.2, 0.25) is 5.91 Å². The van der Waals surface area contributed by atoms with Crippen LogP contribution in [0.2, 0.25) is 0 Å². The van der Waals surface area contributed by atoms with Gasteiger partial charge in [-0.2, -0.15) is 13.2 Å². The summed E-state index contributed by atoms with van der Waals surface area (Å²) in [6.07, 6.45) is -2.56. The summed E-state index contributed by atoms with van der Waals surface area (Å²) in [4.78, 5) is 23.4. The Labute approximate surface area is 129 Å². The molecule has 0 radical (unpaired) electrons. The lowest BCUT2D eigenvalue weighted by molar-refractivity contribution is -0.148. The van der Waals surface area contributed by atoms with Crippen LogP contribution >= 0.6 is 11.3 Å². The van der Waals surface area contributed by atoms with Gasteiger partial charge in [0.1, 0.15) is 0 Å². The van der Waals surface area contributed by atoms with Crippen LogP contribution in [0.1, 0.15) is 52.1 Å². The molecule has 1 aromatic rings. The van der Waals surface area contributed by atoms with Crippen molar-refractivity contribution in [1.29, 1.82) is 0 Å². The molecule has 1 heterocycles. The Morgan fingerprint density at radius 2 is 2.00 bits per heavy atom. The van der Waals surface area contributed by atoms with Gasteiger partial charge in [0.25, 0.3) is 5.91 Å². The van der Waals surface area contributed by atoms with Crippen LogP contribution in [-0.2, 0) is 0 Å². The van der Waals surface area contributed by atoms with Crippen LogP contribution in [0.25, 0.3) is 0 Å². The van der Waals surface area contributed by atoms with E-state index in [9.17, 15) is 22.8 Å². The van der Waals surface area contributed by atoms with E-state index in [2.05, 4.69) is 5.32 Å². The Morgan fingerprint density at radius 1 is 1.32 bits per heavy atom. The molecule has 0 aromatic carbocycles. The van der Waals surface area contributed by atoms with Crippen molar-refractivity contribution in [3.63, 3.8) is 0 Å². The number of thiophene rings is 1. The normalized spacial score (nSPS) is 22.3. The summed E-state index contributed by atoms with van der Waals surface area (Å²) < 4.78 is 37.8. The average molecular weight is 334 g/mol. The number of primary amides is 1. The summed E-state index contributed by atoms with van der Waals surface area (Å²) in [5, 5.41) is 4.14. The van der Waals surface area contributed by atoms with Crippen LogP contribution in [-0.4, -0.2) is 24.0 Å². The van der Waals surface area contributed by atoms with Gasteiger partial charge in [0.15, 0.2) is 0 Å². The van der Waals surface area contributed by atoms with Crippen molar-refractivity contribution in [3.8, 4) is 0 Å². The molecule has 1 aromatic heterocycles. The quantitative estimate of drug-likeness (QED) is 0.888. The van der Waals surface area contributed by atoms with Crippen LogP contribution in [0, 0.1) is 5.92 Å². The number of carbonyl (C=O) groups is 2. The SMILES string of the molecule is NC(=O)c1csc(C(=O)N[C@H]2CCCC[C@H]2CC(F)(F)F)c1. The van der Waals surface area contributed by atoms with E-state index >= 15 is 0 Å². The molecule has 0 bridgehead atoms. The maximum atomic E-state index is 12.6. The van der Waals surface area contributed by atoms with Crippen molar-refractivity contribution in [3.05, 3.63) is 21.9 Å². The highest BCUT2D eigenvalue weighted by molar-refractivity contribution is 7.12. The zero-order chi connectivity index (χ0) is 16.3. The number of halogens is 3. The van der Waals surface area contributed by atoms with Crippen LogP contribution in [0.15, 0.2) is 11.4 Å². The topological polar surface area (TPSA) is 72.2 Å². The fourth-order valence-electron chi connectivity index (χ4n) is 2.76. The molecule has 1 aliphatic carbocycles. The second kappa shape index (κ2) is 6.68. The van der Waals surface area contributed by atoms with E-state index in [1.807, 2.05) is 0 Å². The van der Waals surface area contributed by atoms with Crippen molar-refractivity contribution >= 4 is 23.2 Å². The summed E-state index contributed by atoms with van der Waals surface area (Å²) >= 11 is 1.05. The molecule has 1 aliphatic rings. The van der Waals surface area contributed by atoms with E-state index in [0.29, 0.717) is 12.8 Å². The zero-order valence-electron chi connectivity index (χ0n) is 11.8. The third-order valence-corrected chi connectivity index (χ3v) is 4.76. The smallest absolute Gasteiger partial charge is 0.366 e. The zero-order valence-corrected chi connectivity index (χ0v) is 12.6. The molecule has 2 rings (SSSR count). The molecule has 122 valence electrons. The Hall–Kier alpha value is -1.57. The molecule has 0 spiro atoms. The highest BCUT2D eigenvalue weighted by atomic mass is 32.1. The van der Waals surface area contributed by atoms with Gasteiger partial charge in [-0.3, -0.25) is 9.59 Å². The number of hydrogen-bond acceptors (Lipinski definition) is 3. The van der Waals surface area contributed by atoms with Crippen LogP contribution in [0.3, 0.4) is 0 Å². The molecule has 8 heteroatoms. The molecule has 1 fully saturated rings. The van der Waals surface area contributed by atoms with Crippen LogP contribution in [0.4, 0.5) is 13.2 Å². The van der Waals surface area contributed by atoms with E-state index in [-0.39, 0.29) is 10.4 Å². The second-order valence-electron chi connectivity index (χ2n) is 5.51. The molecule has 3 N–H and O–H groups in total. The van der Waals surface area contributed by atoms with Gasteiger partial charge in [-0.05, 0) is 24.8 Å². The van der Waals surface area contributed by atoms with Crippen molar-refractivity contribution in [2.75, 3.05) is 0 Å². The summed E-state index contributed by atoms with van der Waals surface area (Å²) in [5.74, 6) is -1.67. The van der Waals surface area contributed by atoms with Gasteiger partial charge in [-0.15, -0.1) is 11.3 Å². The minimum Gasteiger partial charge on any atom is -0.366 e. The Morgan fingerprint density at radius 3 is 2.59 bits per heavy atom. The van der Waals surface area contributed by atoms with Crippen molar-refractivity contribution in [1.82, 2.24) is 5.32 Å². The van der Waals surface area contributed by atoms with Crippen LogP contribution in [0.5, 0.6) is 0 Å². The third-order valence-electron chi connectivity index (χ3n) is 3.83. The minimum atomic E-state index is -4.23. The van der Waals surface area contributed by atoms with Gasteiger partial charge < -0.3 is 11.1 Å². The maximum Gasteiger partial charge on any atom is 0.389 e. The monoisotopic (exact) mass is 334 g/mol. The number of nitrogens with two attached hydrogens (primary N) is 1. The number of nitrogens with one attached hydrogen (secondary N) is 1. The fraction of sp³-hybridized carbons (Fsp3) is 0.571. The first-order valence-corrected chi connectivity index (χ1v) is 7.90. The molecule has 2 atom stereocenters. The van der Waals surface area contributed by atoms with Gasteiger partial charge in [0.05, 0.1) is 10.4 Å².